The monoisotopic (exact) mass is 247 g/mol. The molecule has 0 amide bonds. The second kappa shape index (κ2) is 6.33. The van der Waals surface area contributed by atoms with E-state index in [9.17, 15) is 0 Å². The van der Waals surface area contributed by atoms with E-state index in [1.807, 2.05) is 20.0 Å². The van der Waals surface area contributed by atoms with E-state index in [1.54, 1.807) is 12.1 Å². The van der Waals surface area contributed by atoms with Gasteiger partial charge in [-0.05, 0) is 32.2 Å². The Morgan fingerprint density at radius 3 is 2.73 bits per heavy atom. The molecule has 0 heterocycles. The topological polar surface area (TPSA) is 21.3 Å². The molecule has 1 rings (SSSR count). The van der Waals surface area contributed by atoms with Crippen molar-refractivity contribution in [3.05, 3.63) is 33.8 Å². The maximum atomic E-state index is 6.10. The first-order valence-corrected chi connectivity index (χ1v) is 5.65. The quantitative estimate of drug-likeness (QED) is 0.863. The molecule has 0 radical (unpaired) electrons. The third-order valence-electron chi connectivity index (χ3n) is 2.06. The fraction of sp³-hybridized carbons (Fsp3) is 0.455. The summed E-state index contributed by atoms with van der Waals surface area (Å²) in [5.41, 5.74) is 0.931. The normalized spacial score (nSPS) is 12.8. The number of hydrogen-bond acceptors (Lipinski definition) is 2. The van der Waals surface area contributed by atoms with Crippen molar-refractivity contribution in [3.8, 4) is 0 Å². The van der Waals surface area contributed by atoms with Gasteiger partial charge in [0.25, 0.3) is 0 Å². The van der Waals surface area contributed by atoms with Crippen LogP contribution < -0.4 is 5.32 Å². The van der Waals surface area contributed by atoms with Gasteiger partial charge in [0.1, 0.15) is 0 Å². The van der Waals surface area contributed by atoms with Crippen molar-refractivity contribution in [2.75, 3.05) is 20.2 Å². The number of ether oxygens (including phenoxy) is 1. The molecule has 0 saturated carbocycles. The average molecular weight is 248 g/mol. The SMILES string of the molecule is CCO[C@H](CNC)c1cc(Cl)ccc1Cl. The van der Waals surface area contributed by atoms with Gasteiger partial charge in [-0.15, -0.1) is 0 Å². The van der Waals surface area contributed by atoms with Crippen molar-refractivity contribution in [1.29, 1.82) is 0 Å². The lowest BCUT2D eigenvalue weighted by molar-refractivity contribution is 0.0639. The van der Waals surface area contributed by atoms with Crippen molar-refractivity contribution < 1.29 is 4.74 Å². The summed E-state index contributed by atoms with van der Waals surface area (Å²) in [6, 6.07) is 5.41. The van der Waals surface area contributed by atoms with Crippen molar-refractivity contribution in [2.45, 2.75) is 13.0 Å². The van der Waals surface area contributed by atoms with Crippen LogP contribution in [0.5, 0.6) is 0 Å². The molecule has 0 spiro atoms. The molecule has 1 atom stereocenters. The van der Waals surface area contributed by atoms with Gasteiger partial charge in [0.2, 0.25) is 0 Å². The molecule has 0 fully saturated rings. The molecule has 0 aliphatic carbocycles. The fourth-order valence-corrected chi connectivity index (χ4v) is 1.83. The number of benzene rings is 1. The van der Waals surface area contributed by atoms with Crippen molar-refractivity contribution in [3.63, 3.8) is 0 Å². The molecule has 0 saturated heterocycles. The lowest BCUT2D eigenvalue weighted by atomic mass is 10.1. The van der Waals surface area contributed by atoms with Crippen LogP contribution in [0.25, 0.3) is 0 Å². The van der Waals surface area contributed by atoms with E-state index < -0.39 is 0 Å². The van der Waals surface area contributed by atoms with E-state index in [2.05, 4.69) is 5.32 Å². The smallest absolute Gasteiger partial charge is 0.0963 e. The van der Waals surface area contributed by atoms with Gasteiger partial charge < -0.3 is 10.1 Å². The predicted octanol–water partition coefficient (Wildman–Crippen LogP) is 3.29. The highest BCUT2D eigenvalue weighted by Crippen LogP contribution is 2.28. The number of rotatable bonds is 5. The highest BCUT2D eigenvalue weighted by molar-refractivity contribution is 6.33. The second-order valence-corrected chi connectivity index (χ2v) is 4.01. The number of nitrogens with one attached hydrogen (secondary N) is 1. The first-order chi connectivity index (χ1) is 7.19. The minimum atomic E-state index is -0.0498. The Morgan fingerprint density at radius 2 is 2.13 bits per heavy atom. The minimum absolute atomic E-state index is 0.0498. The lowest BCUT2D eigenvalue weighted by Crippen LogP contribution is -2.20. The molecular weight excluding hydrogens is 233 g/mol. The Bertz CT molecular complexity index is 311. The molecule has 2 nitrogen and oxygen atoms in total. The lowest BCUT2D eigenvalue weighted by Gasteiger charge is -2.18. The Hall–Kier alpha value is -0.280. The summed E-state index contributed by atoms with van der Waals surface area (Å²) in [4.78, 5) is 0. The van der Waals surface area contributed by atoms with Crippen LogP contribution in [-0.2, 0) is 4.74 Å². The van der Waals surface area contributed by atoms with Crippen LogP contribution in [0.4, 0.5) is 0 Å². The van der Waals surface area contributed by atoms with Crippen LogP contribution in [0, 0.1) is 0 Å². The molecule has 0 bridgehead atoms. The van der Waals surface area contributed by atoms with Crippen LogP contribution >= 0.6 is 23.2 Å². The molecule has 0 aliphatic heterocycles. The van der Waals surface area contributed by atoms with Gasteiger partial charge in [-0.1, -0.05) is 23.2 Å². The molecule has 84 valence electrons. The fourth-order valence-electron chi connectivity index (χ4n) is 1.41. The van der Waals surface area contributed by atoms with Crippen LogP contribution in [0.1, 0.15) is 18.6 Å². The molecule has 0 unspecified atom stereocenters. The zero-order valence-corrected chi connectivity index (χ0v) is 10.4. The van der Waals surface area contributed by atoms with E-state index in [1.165, 1.54) is 0 Å². The average Bonchev–Trinajstić information content (AvgIpc) is 2.21. The zero-order chi connectivity index (χ0) is 11.3. The molecule has 0 aromatic heterocycles. The first kappa shape index (κ1) is 12.8. The molecule has 1 aromatic carbocycles. The minimum Gasteiger partial charge on any atom is -0.372 e. The Kier molecular flexibility index (Phi) is 5.40. The Balaban J connectivity index is 2.93. The van der Waals surface area contributed by atoms with Crippen LogP contribution in [0.2, 0.25) is 10.0 Å². The van der Waals surface area contributed by atoms with Gasteiger partial charge in [0, 0.05) is 28.8 Å². The van der Waals surface area contributed by atoms with E-state index in [0.29, 0.717) is 23.2 Å². The summed E-state index contributed by atoms with van der Waals surface area (Å²) < 4.78 is 5.60. The summed E-state index contributed by atoms with van der Waals surface area (Å²) in [6.45, 7) is 3.32. The number of likely N-dealkylation sites (N-methyl/N-ethyl adjacent to an activating group) is 1. The summed E-state index contributed by atoms with van der Waals surface area (Å²) >= 11 is 12.0. The molecule has 0 aliphatic rings. The van der Waals surface area contributed by atoms with Gasteiger partial charge in [0.05, 0.1) is 6.10 Å². The number of hydrogen-bond donors (Lipinski definition) is 1. The van der Waals surface area contributed by atoms with E-state index >= 15 is 0 Å². The summed E-state index contributed by atoms with van der Waals surface area (Å²) in [5.74, 6) is 0. The molecular formula is C11H15Cl2NO. The van der Waals surface area contributed by atoms with Gasteiger partial charge >= 0.3 is 0 Å². The van der Waals surface area contributed by atoms with Crippen molar-refractivity contribution in [2.24, 2.45) is 0 Å². The first-order valence-electron chi connectivity index (χ1n) is 4.90. The second-order valence-electron chi connectivity index (χ2n) is 3.17. The molecule has 15 heavy (non-hydrogen) atoms. The van der Waals surface area contributed by atoms with Gasteiger partial charge in [-0.25, -0.2) is 0 Å². The standard InChI is InChI=1S/C11H15Cl2NO/c1-3-15-11(7-14-2)9-6-8(12)4-5-10(9)13/h4-6,11,14H,3,7H2,1-2H3/t11-/m1/s1. The molecule has 1 aromatic rings. The summed E-state index contributed by atoms with van der Waals surface area (Å²) in [6.07, 6.45) is -0.0498. The van der Waals surface area contributed by atoms with E-state index in [4.69, 9.17) is 27.9 Å². The number of halogens is 2. The summed E-state index contributed by atoms with van der Waals surface area (Å²) in [5, 5.41) is 4.44. The van der Waals surface area contributed by atoms with Gasteiger partial charge in [0.15, 0.2) is 0 Å². The van der Waals surface area contributed by atoms with Crippen LogP contribution in [0.15, 0.2) is 18.2 Å². The van der Waals surface area contributed by atoms with Crippen LogP contribution in [0.3, 0.4) is 0 Å². The molecule has 1 N–H and O–H groups in total. The van der Waals surface area contributed by atoms with Gasteiger partial charge in [-0.2, -0.15) is 0 Å². The van der Waals surface area contributed by atoms with Crippen molar-refractivity contribution >= 4 is 23.2 Å². The maximum Gasteiger partial charge on any atom is 0.0963 e. The Morgan fingerprint density at radius 1 is 1.40 bits per heavy atom. The Labute approximate surface area is 101 Å². The van der Waals surface area contributed by atoms with Crippen molar-refractivity contribution in [1.82, 2.24) is 5.32 Å². The third-order valence-corrected chi connectivity index (χ3v) is 2.64. The third kappa shape index (κ3) is 3.65. The van der Waals surface area contributed by atoms with E-state index in [-0.39, 0.29) is 6.10 Å². The zero-order valence-electron chi connectivity index (χ0n) is 8.89. The predicted molar refractivity (Wildman–Crippen MR) is 64.8 cm³/mol. The maximum absolute atomic E-state index is 6.10. The van der Waals surface area contributed by atoms with Gasteiger partial charge in [-0.3, -0.25) is 0 Å². The molecule has 4 heteroatoms. The van der Waals surface area contributed by atoms with Crippen LogP contribution in [-0.4, -0.2) is 20.2 Å². The highest BCUT2D eigenvalue weighted by atomic mass is 35.5. The largest absolute Gasteiger partial charge is 0.372 e. The van der Waals surface area contributed by atoms with E-state index in [0.717, 1.165) is 5.56 Å². The summed E-state index contributed by atoms with van der Waals surface area (Å²) in [7, 11) is 1.88. The highest BCUT2D eigenvalue weighted by Gasteiger charge is 2.14.